The summed E-state index contributed by atoms with van der Waals surface area (Å²) in [5.41, 5.74) is -1.94. The molecule has 0 bridgehead atoms. The van der Waals surface area contributed by atoms with Crippen molar-refractivity contribution in [3.05, 3.63) is 29.3 Å². The van der Waals surface area contributed by atoms with Gasteiger partial charge in [-0.1, -0.05) is 6.07 Å². The maximum absolute atomic E-state index is 12.5. The fourth-order valence-corrected chi connectivity index (χ4v) is 3.15. The van der Waals surface area contributed by atoms with E-state index in [2.05, 4.69) is 0 Å². The number of methoxy groups -OCH3 is 2. The Morgan fingerprint density at radius 3 is 2.78 bits per heavy atom. The molecule has 0 aromatic heterocycles. The van der Waals surface area contributed by atoms with Crippen LogP contribution in [0.3, 0.4) is 0 Å². The van der Waals surface area contributed by atoms with E-state index in [0.717, 1.165) is 7.11 Å². The lowest BCUT2D eigenvalue weighted by Crippen LogP contribution is -2.61. The van der Waals surface area contributed by atoms with E-state index in [0.29, 0.717) is 0 Å². The number of ketones is 1. The number of hydrogen-bond acceptors (Lipinski definition) is 7. The summed E-state index contributed by atoms with van der Waals surface area (Å²) in [6.07, 6.45) is -1.18. The second kappa shape index (κ2) is 5.27. The number of rotatable bonds is 2. The number of carbonyl (C=O) groups excluding carboxylic acids is 2. The topological polar surface area (TPSA) is 102 Å². The summed E-state index contributed by atoms with van der Waals surface area (Å²) in [4.78, 5) is 24.9. The number of benzene rings is 1. The largest absolute Gasteiger partial charge is 0.507 e. The van der Waals surface area contributed by atoms with E-state index in [1.807, 2.05) is 0 Å². The number of Topliss-reactive ketones (excluding diaryl/α,β-unsaturated/α-hetero) is 1. The van der Waals surface area contributed by atoms with Gasteiger partial charge in [0.25, 0.3) is 5.60 Å². The number of aliphatic hydroxyl groups is 1. The van der Waals surface area contributed by atoms with Gasteiger partial charge in [0.1, 0.15) is 28.9 Å². The minimum atomic E-state index is -1.99. The zero-order valence-corrected chi connectivity index (χ0v) is 12.7. The number of aromatic hydroxyl groups is 1. The maximum Gasteiger partial charge on any atom is 0.358 e. The van der Waals surface area contributed by atoms with Crippen molar-refractivity contribution in [3.8, 4) is 11.5 Å². The maximum atomic E-state index is 12.5. The van der Waals surface area contributed by atoms with Crippen molar-refractivity contribution in [2.75, 3.05) is 14.2 Å². The molecule has 0 amide bonds. The standard InChI is InChI=1S/C16H16O7/c1-21-14-12-8(17)4-3-5-10(12)23-16(15(20)22-2)11(19)7-6-9(18)13(14)16/h3-5,11,17,19H,6-7H2,1-2H3/t11-,16+/m1/s1. The molecule has 0 unspecified atom stereocenters. The molecule has 1 aliphatic heterocycles. The molecule has 0 spiro atoms. The molecule has 1 aromatic rings. The number of fused-ring (bicyclic) bond motifs is 2. The van der Waals surface area contributed by atoms with Gasteiger partial charge in [-0.25, -0.2) is 4.79 Å². The first-order valence-electron chi connectivity index (χ1n) is 7.07. The second-order valence-electron chi connectivity index (χ2n) is 5.37. The highest BCUT2D eigenvalue weighted by atomic mass is 16.6. The zero-order valence-electron chi connectivity index (χ0n) is 12.7. The highest BCUT2D eigenvalue weighted by Crippen LogP contribution is 2.49. The van der Waals surface area contributed by atoms with Crippen LogP contribution in [0.4, 0.5) is 0 Å². The first-order valence-corrected chi connectivity index (χ1v) is 7.07. The van der Waals surface area contributed by atoms with Crippen LogP contribution in [0.15, 0.2) is 23.8 Å². The third-order valence-corrected chi connectivity index (χ3v) is 4.19. The number of esters is 1. The summed E-state index contributed by atoms with van der Waals surface area (Å²) < 4.78 is 15.8. The molecule has 1 aromatic carbocycles. The molecule has 0 saturated heterocycles. The molecule has 7 heteroatoms. The highest BCUT2D eigenvalue weighted by Gasteiger charge is 2.61. The Morgan fingerprint density at radius 2 is 2.13 bits per heavy atom. The van der Waals surface area contributed by atoms with Crippen LogP contribution in [-0.2, 0) is 19.1 Å². The zero-order chi connectivity index (χ0) is 16.8. The number of hydrogen-bond donors (Lipinski definition) is 2. The number of phenols is 1. The van der Waals surface area contributed by atoms with Crippen molar-refractivity contribution in [3.63, 3.8) is 0 Å². The molecule has 2 aliphatic rings. The minimum Gasteiger partial charge on any atom is -0.507 e. The van der Waals surface area contributed by atoms with Gasteiger partial charge in [-0.05, 0) is 18.6 Å². The van der Waals surface area contributed by atoms with Gasteiger partial charge in [0.05, 0.1) is 19.8 Å². The molecule has 1 heterocycles. The van der Waals surface area contributed by atoms with E-state index < -0.39 is 23.5 Å². The van der Waals surface area contributed by atoms with E-state index in [9.17, 15) is 19.8 Å². The fourth-order valence-electron chi connectivity index (χ4n) is 3.15. The van der Waals surface area contributed by atoms with E-state index in [4.69, 9.17) is 14.2 Å². The molecule has 2 N–H and O–H groups in total. The van der Waals surface area contributed by atoms with Crippen LogP contribution in [0.1, 0.15) is 18.4 Å². The van der Waals surface area contributed by atoms with Crippen molar-refractivity contribution in [2.24, 2.45) is 0 Å². The van der Waals surface area contributed by atoms with Crippen LogP contribution in [0.2, 0.25) is 0 Å². The molecule has 122 valence electrons. The van der Waals surface area contributed by atoms with Crippen molar-refractivity contribution in [2.45, 2.75) is 24.5 Å². The van der Waals surface area contributed by atoms with Crippen molar-refractivity contribution < 1.29 is 34.0 Å². The Hall–Kier alpha value is -2.54. The minimum absolute atomic E-state index is 0.0125. The van der Waals surface area contributed by atoms with Crippen LogP contribution in [-0.4, -0.2) is 47.9 Å². The van der Waals surface area contributed by atoms with E-state index >= 15 is 0 Å². The normalized spacial score (nSPS) is 26.0. The van der Waals surface area contributed by atoms with Crippen molar-refractivity contribution >= 4 is 17.5 Å². The lowest BCUT2D eigenvalue weighted by atomic mass is 9.74. The molecule has 23 heavy (non-hydrogen) atoms. The van der Waals surface area contributed by atoms with Crippen molar-refractivity contribution in [1.82, 2.24) is 0 Å². The summed E-state index contributed by atoms with van der Waals surface area (Å²) in [5.74, 6) is -1.30. The van der Waals surface area contributed by atoms with Gasteiger partial charge >= 0.3 is 5.97 Å². The van der Waals surface area contributed by atoms with E-state index in [-0.39, 0.29) is 41.2 Å². The van der Waals surface area contributed by atoms with Crippen LogP contribution < -0.4 is 4.74 Å². The van der Waals surface area contributed by atoms with Crippen LogP contribution in [0.5, 0.6) is 11.5 Å². The van der Waals surface area contributed by atoms with Crippen LogP contribution in [0.25, 0.3) is 5.76 Å². The number of aliphatic hydroxyl groups excluding tert-OH is 1. The summed E-state index contributed by atoms with van der Waals surface area (Å²) in [6, 6.07) is 4.45. The molecule has 0 radical (unpaired) electrons. The average Bonchev–Trinajstić information content (AvgIpc) is 2.55. The number of ether oxygens (including phenoxy) is 3. The smallest absolute Gasteiger partial charge is 0.358 e. The van der Waals surface area contributed by atoms with Gasteiger partial charge in [0.2, 0.25) is 0 Å². The predicted octanol–water partition coefficient (Wildman–Crippen LogP) is 0.778. The Kier molecular flexibility index (Phi) is 3.52. The third-order valence-electron chi connectivity index (χ3n) is 4.19. The molecule has 2 atom stereocenters. The third kappa shape index (κ3) is 1.93. The molecular formula is C16H16O7. The Morgan fingerprint density at radius 1 is 1.39 bits per heavy atom. The molecular weight excluding hydrogens is 304 g/mol. The van der Waals surface area contributed by atoms with Gasteiger partial charge in [-0.2, -0.15) is 0 Å². The first kappa shape index (κ1) is 15.4. The highest BCUT2D eigenvalue weighted by molar-refractivity contribution is 6.12. The molecule has 1 fully saturated rings. The van der Waals surface area contributed by atoms with Gasteiger partial charge in [0.15, 0.2) is 5.78 Å². The number of carbonyl (C=O) groups is 2. The van der Waals surface area contributed by atoms with Gasteiger partial charge in [0, 0.05) is 6.42 Å². The monoisotopic (exact) mass is 320 g/mol. The summed E-state index contributed by atoms with van der Waals surface area (Å²) in [6.45, 7) is 0. The Balaban J connectivity index is 2.38. The predicted molar refractivity (Wildman–Crippen MR) is 77.7 cm³/mol. The summed E-state index contributed by atoms with van der Waals surface area (Å²) in [5, 5.41) is 20.5. The summed E-state index contributed by atoms with van der Waals surface area (Å²) in [7, 11) is 2.47. The Labute approximate surface area is 132 Å². The molecule has 1 saturated carbocycles. The lowest BCUT2D eigenvalue weighted by Gasteiger charge is -2.43. The van der Waals surface area contributed by atoms with Gasteiger partial charge < -0.3 is 24.4 Å². The fraction of sp³-hybridized carbons (Fsp3) is 0.375. The van der Waals surface area contributed by atoms with Crippen LogP contribution in [0, 0.1) is 0 Å². The summed E-state index contributed by atoms with van der Waals surface area (Å²) >= 11 is 0. The first-order chi connectivity index (χ1) is 11.0. The van der Waals surface area contributed by atoms with Crippen LogP contribution >= 0.6 is 0 Å². The van der Waals surface area contributed by atoms with Gasteiger partial charge in [-0.3, -0.25) is 4.79 Å². The van der Waals surface area contributed by atoms with E-state index in [1.165, 1.54) is 25.3 Å². The molecule has 1 aliphatic carbocycles. The van der Waals surface area contributed by atoms with E-state index in [1.54, 1.807) is 0 Å². The van der Waals surface area contributed by atoms with Gasteiger partial charge in [-0.15, -0.1) is 0 Å². The average molecular weight is 320 g/mol. The quantitative estimate of drug-likeness (QED) is 0.776. The molecule has 7 nitrogen and oxygen atoms in total. The Bertz CT molecular complexity index is 721. The lowest BCUT2D eigenvalue weighted by molar-refractivity contribution is -0.169. The second-order valence-corrected chi connectivity index (χ2v) is 5.37. The number of phenolic OH excluding ortho intramolecular Hbond substituents is 1. The molecule has 3 rings (SSSR count). The van der Waals surface area contributed by atoms with Crippen molar-refractivity contribution in [1.29, 1.82) is 0 Å². The SMILES string of the molecule is COC(=O)[C@@]12Oc3cccc(O)c3C(OC)=C1C(=O)CC[C@H]2O.